The number of primary sulfonamides is 1. The molecule has 2 heterocycles. The highest BCUT2D eigenvalue weighted by Crippen LogP contribution is 2.33. The van der Waals surface area contributed by atoms with Gasteiger partial charge in [0.2, 0.25) is 10.0 Å². The summed E-state index contributed by atoms with van der Waals surface area (Å²) < 4.78 is 25.7. The zero-order valence-corrected chi connectivity index (χ0v) is 17.0. The number of fused-ring (bicyclic) bond motifs is 2. The highest BCUT2D eigenvalue weighted by atomic mass is 32.2. The highest BCUT2D eigenvalue weighted by Gasteiger charge is 2.16. The maximum atomic E-state index is 12.0. The number of aryl methyl sites for hydroxylation is 1. The van der Waals surface area contributed by atoms with Gasteiger partial charge in [-0.25, -0.2) is 23.1 Å². The standard InChI is InChI=1S/C23H18N4O2S/c1-15-8-10-16(11-9-15)17-12-25-23-21(13-26-27(23)14-17)19-4-2-6-20-18(19)5-3-7-22(20)30(24,28)29/h2-14H,1H3,(H2,24,28,29). The van der Waals surface area contributed by atoms with Crippen molar-refractivity contribution in [3.63, 3.8) is 0 Å². The monoisotopic (exact) mass is 414 g/mol. The minimum atomic E-state index is -3.83. The summed E-state index contributed by atoms with van der Waals surface area (Å²) in [5, 5.41) is 11.3. The summed E-state index contributed by atoms with van der Waals surface area (Å²) in [6.45, 7) is 2.05. The van der Waals surface area contributed by atoms with Crippen molar-refractivity contribution in [2.45, 2.75) is 11.8 Å². The van der Waals surface area contributed by atoms with E-state index in [2.05, 4.69) is 41.3 Å². The molecule has 2 aromatic heterocycles. The molecule has 0 unspecified atom stereocenters. The van der Waals surface area contributed by atoms with Crippen molar-refractivity contribution in [2.24, 2.45) is 5.14 Å². The predicted octanol–water partition coefficient (Wildman–Crippen LogP) is 4.17. The van der Waals surface area contributed by atoms with E-state index in [0.717, 1.165) is 27.6 Å². The van der Waals surface area contributed by atoms with Crippen molar-refractivity contribution >= 4 is 26.4 Å². The summed E-state index contributed by atoms with van der Waals surface area (Å²) in [6.07, 6.45) is 5.52. The van der Waals surface area contributed by atoms with Gasteiger partial charge in [0.25, 0.3) is 0 Å². The maximum Gasteiger partial charge on any atom is 0.238 e. The number of sulfonamides is 1. The third kappa shape index (κ3) is 3.04. The van der Waals surface area contributed by atoms with E-state index < -0.39 is 10.0 Å². The van der Waals surface area contributed by atoms with Gasteiger partial charge in [0.15, 0.2) is 5.65 Å². The fraction of sp³-hybridized carbons (Fsp3) is 0.0435. The molecule has 0 saturated carbocycles. The van der Waals surface area contributed by atoms with Gasteiger partial charge in [-0.05, 0) is 29.5 Å². The van der Waals surface area contributed by atoms with Crippen molar-refractivity contribution in [3.05, 3.63) is 84.8 Å². The van der Waals surface area contributed by atoms with E-state index in [0.29, 0.717) is 11.0 Å². The molecule has 0 saturated heterocycles. The van der Waals surface area contributed by atoms with E-state index in [1.54, 1.807) is 22.8 Å². The first kappa shape index (κ1) is 18.5. The minimum Gasteiger partial charge on any atom is -0.236 e. The van der Waals surface area contributed by atoms with E-state index >= 15 is 0 Å². The molecular weight excluding hydrogens is 396 g/mol. The molecule has 0 amide bonds. The minimum absolute atomic E-state index is 0.105. The van der Waals surface area contributed by atoms with Crippen LogP contribution < -0.4 is 5.14 Å². The van der Waals surface area contributed by atoms with Gasteiger partial charge in [-0.15, -0.1) is 0 Å². The Bertz CT molecular complexity index is 1520. The molecule has 5 rings (SSSR count). The molecule has 3 aromatic carbocycles. The lowest BCUT2D eigenvalue weighted by molar-refractivity contribution is 0.598. The van der Waals surface area contributed by atoms with Crippen LogP contribution in [0.3, 0.4) is 0 Å². The van der Waals surface area contributed by atoms with Gasteiger partial charge in [0.1, 0.15) is 0 Å². The number of hydrogen-bond acceptors (Lipinski definition) is 4. The number of hydrogen-bond donors (Lipinski definition) is 1. The highest BCUT2D eigenvalue weighted by molar-refractivity contribution is 7.89. The molecule has 148 valence electrons. The Kier molecular flexibility index (Phi) is 4.16. The Hall–Kier alpha value is -3.55. The second-order valence-corrected chi connectivity index (χ2v) is 8.77. The Morgan fingerprint density at radius 3 is 2.33 bits per heavy atom. The number of aromatic nitrogens is 3. The Morgan fingerprint density at radius 2 is 1.57 bits per heavy atom. The normalized spacial score (nSPS) is 11.9. The van der Waals surface area contributed by atoms with Crippen LogP contribution >= 0.6 is 0 Å². The number of nitrogens with two attached hydrogens (primary N) is 1. The molecule has 2 N–H and O–H groups in total. The summed E-state index contributed by atoms with van der Waals surface area (Å²) in [5.74, 6) is 0. The van der Waals surface area contributed by atoms with Gasteiger partial charge in [0.05, 0.1) is 11.1 Å². The van der Waals surface area contributed by atoms with Crippen LogP contribution in [0.1, 0.15) is 5.56 Å². The Morgan fingerprint density at radius 1 is 0.833 bits per heavy atom. The smallest absolute Gasteiger partial charge is 0.236 e. The predicted molar refractivity (Wildman–Crippen MR) is 117 cm³/mol. The van der Waals surface area contributed by atoms with Crippen LogP contribution in [0.5, 0.6) is 0 Å². The maximum absolute atomic E-state index is 12.0. The van der Waals surface area contributed by atoms with E-state index in [1.807, 2.05) is 30.6 Å². The van der Waals surface area contributed by atoms with Crippen LogP contribution in [-0.4, -0.2) is 23.0 Å². The lowest BCUT2D eigenvalue weighted by atomic mass is 10.00. The fourth-order valence-corrected chi connectivity index (χ4v) is 4.48. The van der Waals surface area contributed by atoms with Crippen LogP contribution in [0.4, 0.5) is 0 Å². The van der Waals surface area contributed by atoms with Gasteiger partial charge in [-0.1, -0.05) is 60.2 Å². The molecule has 6 nitrogen and oxygen atoms in total. The third-order valence-corrected chi connectivity index (χ3v) is 6.19. The van der Waals surface area contributed by atoms with Crippen LogP contribution in [0.15, 0.2) is 84.1 Å². The average Bonchev–Trinajstić information content (AvgIpc) is 3.16. The van der Waals surface area contributed by atoms with Gasteiger partial charge in [-0.3, -0.25) is 0 Å². The quantitative estimate of drug-likeness (QED) is 0.480. The SMILES string of the molecule is Cc1ccc(-c2cnc3c(-c4cccc5c(S(N)(=O)=O)cccc45)cnn3c2)cc1. The Balaban J connectivity index is 1.69. The molecule has 0 spiro atoms. The third-order valence-electron chi connectivity index (χ3n) is 5.22. The van der Waals surface area contributed by atoms with E-state index in [9.17, 15) is 8.42 Å². The lowest BCUT2D eigenvalue weighted by Gasteiger charge is -2.09. The molecule has 0 fully saturated rings. The summed E-state index contributed by atoms with van der Waals surface area (Å²) in [5.41, 5.74) is 5.59. The van der Waals surface area contributed by atoms with Crippen molar-refractivity contribution in [3.8, 4) is 22.3 Å². The number of rotatable bonds is 3. The molecule has 0 atom stereocenters. The van der Waals surface area contributed by atoms with Crippen LogP contribution in [0.2, 0.25) is 0 Å². The first-order valence-electron chi connectivity index (χ1n) is 9.37. The molecular formula is C23H18N4O2S. The van der Waals surface area contributed by atoms with Crippen molar-refractivity contribution in [1.29, 1.82) is 0 Å². The van der Waals surface area contributed by atoms with Crippen LogP contribution in [-0.2, 0) is 10.0 Å². The number of benzene rings is 3. The van der Waals surface area contributed by atoms with Gasteiger partial charge in [-0.2, -0.15) is 5.10 Å². The second kappa shape index (κ2) is 6.76. The Labute approximate surface area is 173 Å². The van der Waals surface area contributed by atoms with E-state index in [-0.39, 0.29) is 4.90 Å². The molecule has 5 aromatic rings. The van der Waals surface area contributed by atoms with E-state index in [1.165, 1.54) is 11.6 Å². The fourth-order valence-electron chi connectivity index (χ4n) is 3.72. The van der Waals surface area contributed by atoms with Gasteiger partial charge >= 0.3 is 0 Å². The molecule has 30 heavy (non-hydrogen) atoms. The van der Waals surface area contributed by atoms with Crippen molar-refractivity contribution in [1.82, 2.24) is 14.6 Å². The molecule has 0 aliphatic rings. The van der Waals surface area contributed by atoms with Gasteiger partial charge in [0, 0.05) is 28.9 Å². The number of nitrogens with zero attached hydrogens (tertiary/aromatic N) is 3. The first-order valence-corrected chi connectivity index (χ1v) is 10.9. The molecule has 0 aliphatic heterocycles. The van der Waals surface area contributed by atoms with Gasteiger partial charge < -0.3 is 0 Å². The summed E-state index contributed by atoms with van der Waals surface area (Å²) in [4.78, 5) is 4.76. The van der Waals surface area contributed by atoms with Crippen molar-refractivity contribution < 1.29 is 8.42 Å². The first-order chi connectivity index (χ1) is 14.4. The summed E-state index contributed by atoms with van der Waals surface area (Å²) in [6, 6.07) is 18.8. The topological polar surface area (TPSA) is 90.3 Å². The molecule has 0 radical (unpaired) electrons. The van der Waals surface area contributed by atoms with Crippen molar-refractivity contribution in [2.75, 3.05) is 0 Å². The molecule has 7 heteroatoms. The largest absolute Gasteiger partial charge is 0.238 e. The average molecular weight is 414 g/mol. The zero-order chi connectivity index (χ0) is 20.9. The second-order valence-electron chi connectivity index (χ2n) is 7.24. The van der Waals surface area contributed by atoms with Crippen LogP contribution in [0.25, 0.3) is 38.7 Å². The zero-order valence-electron chi connectivity index (χ0n) is 16.1. The lowest BCUT2D eigenvalue weighted by Crippen LogP contribution is -2.12. The molecule has 0 bridgehead atoms. The van der Waals surface area contributed by atoms with Crippen LogP contribution in [0, 0.1) is 6.92 Å². The van der Waals surface area contributed by atoms with E-state index in [4.69, 9.17) is 5.14 Å². The summed E-state index contributed by atoms with van der Waals surface area (Å²) >= 11 is 0. The molecule has 0 aliphatic carbocycles. The summed E-state index contributed by atoms with van der Waals surface area (Å²) in [7, 11) is -3.83.